The summed E-state index contributed by atoms with van der Waals surface area (Å²) in [5, 5.41) is 2.83. The van der Waals surface area contributed by atoms with E-state index in [0.717, 1.165) is 12.2 Å². The molecule has 4 nitrogen and oxygen atoms in total. The van der Waals surface area contributed by atoms with Gasteiger partial charge in [0.15, 0.2) is 0 Å². The summed E-state index contributed by atoms with van der Waals surface area (Å²) in [7, 11) is 0. The van der Waals surface area contributed by atoms with Gasteiger partial charge in [0, 0.05) is 25.2 Å². The van der Waals surface area contributed by atoms with Gasteiger partial charge in [-0.05, 0) is 43.6 Å². The Morgan fingerprint density at radius 3 is 2.50 bits per heavy atom. The molecule has 0 spiro atoms. The molecule has 0 radical (unpaired) electrons. The summed E-state index contributed by atoms with van der Waals surface area (Å²) >= 11 is 0. The maximum absolute atomic E-state index is 11.4. The molecule has 1 saturated heterocycles. The van der Waals surface area contributed by atoms with Crippen LogP contribution in [-0.2, 0) is 11.3 Å². The van der Waals surface area contributed by atoms with Gasteiger partial charge in [-0.2, -0.15) is 0 Å². The van der Waals surface area contributed by atoms with E-state index in [-0.39, 0.29) is 5.91 Å². The molecule has 1 aliphatic rings. The summed E-state index contributed by atoms with van der Waals surface area (Å²) in [5.74, 6) is -0.0233. The Morgan fingerprint density at radius 1 is 1.22 bits per heavy atom. The van der Waals surface area contributed by atoms with Gasteiger partial charge in [-0.3, -0.25) is 9.69 Å². The average Bonchev–Trinajstić information content (AvgIpc) is 2.85. The molecule has 4 heteroatoms. The van der Waals surface area contributed by atoms with E-state index in [0.29, 0.717) is 13.0 Å². The van der Waals surface area contributed by atoms with Crippen LogP contribution in [0, 0.1) is 0 Å². The Bertz CT molecular complexity index is 383. The first-order chi connectivity index (χ1) is 8.78. The van der Waals surface area contributed by atoms with Crippen LogP contribution in [0.15, 0.2) is 24.3 Å². The first kappa shape index (κ1) is 13.1. The van der Waals surface area contributed by atoms with Gasteiger partial charge in [0.25, 0.3) is 0 Å². The molecule has 0 atom stereocenters. The van der Waals surface area contributed by atoms with Crippen LogP contribution in [0.1, 0.15) is 24.8 Å². The third kappa shape index (κ3) is 3.82. The van der Waals surface area contributed by atoms with Crippen molar-refractivity contribution in [1.29, 1.82) is 0 Å². The maximum atomic E-state index is 11.4. The van der Waals surface area contributed by atoms with Gasteiger partial charge in [-0.1, -0.05) is 12.1 Å². The van der Waals surface area contributed by atoms with Crippen molar-refractivity contribution in [3.63, 3.8) is 0 Å². The van der Waals surface area contributed by atoms with E-state index in [1.54, 1.807) is 0 Å². The molecule has 0 bridgehead atoms. The molecule has 3 N–H and O–H groups in total. The second-order valence-electron chi connectivity index (χ2n) is 4.77. The summed E-state index contributed by atoms with van der Waals surface area (Å²) in [6.45, 7) is 3.81. The number of carbonyl (C=O) groups is 1. The molecular weight excluding hydrogens is 226 g/mol. The van der Waals surface area contributed by atoms with Crippen LogP contribution in [0.3, 0.4) is 0 Å². The van der Waals surface area contributed by atoms with E-state index >= 15 is 0 Å². The number of rotatable bonds is 5. The molecule has 0 aromatic heterocycles. The van der Waals surface area contributed by atoms with Crippen LogP contribution >= 0.6 is 0 Å². The van der Waals surface area contributed by atoms with Crippen LogP contribution in [0.2, 0.25) is 0 Å². The lowest BCUT2D eigenvalue weighted by molar-refractivity contribution is -0.116. The number of hydrogen-bond donors (Lipinski definition) is 2. The highest BCUT2D eigenvalue weighted by Gasteiger charge is 2.11. The predicted molar refractivity (Wildman–Crippen MR) is 73.3 cm³/mol. The Morgan fingerprint density at radius 2 is 1.89 bits per heavy atom. The fourth-order valence-corrected chi connectivity index (χ4v) is 2.25. The van der Waals surface area contributed by atoms with Crippen molar-refractivity contribution in [2.45, 2.75) is 25.8 Å². The zero-order chi connectivity index (χ0) is 12.8. The topological polar surface area (TPSA) is 58.4 Å². The van der Waals surface area contributed by atoms with Gasteiger partial charge in [-0.15, -0.1) is 0 Å². The lowest BCUT2D eigenvalue weighted by atomic mass is 10.2. The molecular formula is C14H21N3O. The molecule has 18 heavy (non-hydrogen) atoms. The molecule has 0 aliphatic carbocycles. The first-order valence-corrected chi connectivity index (χ1v) is 6.59. The number of carbonyl (C=O) groups excluding carboxylic acids is 1. The highest BCUT2D eigenvalue weighted by atomic mass is 16.1. The Hall–Kier alpha value is -1.39. The number of hydrogen-bond acceptors (Lipinski definition) is 3. The van der Waals surface area contributed by atoms with E-state index in [4.69, 9.17) is 5.73 Å². The largest absolute Gasteiger partial charge is 0.330 e. The van der Waals surface area contributed by atoms with E-state index in [1.165, 1.54) is 31.5 Å². The summed E-state index contributed by atoms with van der Waals surface area (Å²) < 4.78 is 0. The molecule has 0 unspecified atom stereocenters. The number of nitrogens with one attached hydrogen (secondary N) is 1. The van der Waals surface area contributed by atoms with E-state index in [9.17, 15) is 4.79 Å². The summed E-state index contributed by atoms with van der Waals surface area (Å²) in [6, 6.07) is 8.08. The molecule has 1 fully saturated rings. The zero-order valence-corrected chi connectivity index (χ0v) is 10.7. The quantitative estimate of drug-likeness (QED) is 0.830. The molecule has 2 rings (SSSR count). The van der Waals surface area contributed by atoms with Gasteiger partial charge >= 0.3 is 0 Å². The monoisotopic (exact) mass is 247 g/mol. The van der Waals surface area contributed by atoms with Crippen molar-refractivity contribution in [3.05, 3.63) is 29.8 Å². The van der Waals surface area contributed by atoms with Gasteiger partial charge in [0.05, 0.1) is 0 Å². The summed E-state index contributed by atoms with van der Waals surface area (Å²) in [6.07, 6.45) is 3.00. The van der Waals surface area contributed by atoms with Crippen molar-refractivity contribution in [2.75, 3.05) is 25.0 Å². The minimum absolute atomic E-state index is 0.0233. The smallest absolute Gasteiger partial charge is 0.225 e. The number of likely N-dealkylation sites (tertiary alicyclic amines) is 1. The standard InChI is InChI=1S/C14H21N3O/c15-8-7-14(18)16-13-5-3-12(4-6-13)11-17-9-1-2-10-17/h3-6H,1-2,7-11,15H2,(H,16,18). The third-order valence-electron chi connectivity index (χ3n) is 3.21. The first-order valence-electron chi connectivity index (χ1n) is 6.59. The second-order valence-corrected chi connectivity index (χ2v) is 4.77. The predicted octanol–water partition coefficient (Wildman–Crippen LogP) is 1.57. The van der Waals surface area contributed by atoms with Gasteiger partial charge in [0.1, 0.15) is 0 Å². The molecule has 1 aromatic rings. The number of amides is 1. The molecule has 0 saturated carbocycles. The van der Waals surface area contributed by atoms with Crippen molar-refractivity contribution in [2.24, 2.45) is 5.73 Å². The van der Waals surface area contributed by atoms with Gasteiger partial charge in [-0.25, -0.2) is 0 Å². The Kier molecular flexibility index (Phi) is 4.73. The van der Waals surface area contributed by atoms with Crippen LogP contribution < -0.4 is 11.1 Å². The third-order valence-corrected chi connectivity index (χ3v) is 3.21. The van der Waals surface area contributed by atoms with Crippen molar-refractivity contribution >= 4 is 11.6 Å². The fraction of sp³-hybridized carbons (Fsp3) is 0.500. The molecule has 1 heterocycles. The Labute approximate surface area is 108 Å². The van der Waals surface area contributed by atoms with E-state index in [2.05, 4.69) is 22.3 Å². The fourth-order valence-electron chi connectivity index (χ4n) is 2.25. The highest BCUT2D eigenvalue weighted by Crippen LogP contribution is 2.15. The SMILES string of the molecule is NCCC(=O)Nc1ccc(CN2CCCC2)cc1. The average molecular weight is 247 g/mol. The summed E-state index contributed by atoms with van der Waals surface area (Å²) in [4.78, 5) is 13.8. The van der Waals surface area contributed by atoms with Crippen molar-refractivity contribution < 1.29 is 4.79 Å². The number of nitrogens with two attached hydrogens (primary N) is 1. The van der Waals surface area contributed by atoms with Crippen molar-refractivity contribution in [1.82, 2.24) is 4.90 Å². The van der Waals surface area contributed by atoms with Crippen LogP contribution in [-0.4, -0.2) is 30.4 Å². The molecule has 98 valence electrons. The maximum Gasteiger partial charge on any atom is 0.225 e. The number of benzene rings is 1. The van der Waals surface area contributed by atoms with Gasteiger partial charge < -0.3 is 11.1 Å². The number of anilines is 1. The number of nitrogens with zero attached hydrogens (tertiary/aromatic N) is 1. The highest BCUT2D eigenvalue weighted by molar-refractivity contribution is 5.90. The molecule has 1 aliphatic heterocycles. The minimum atomic E-state index is -0.0233. The molecule has 1 aromatic carbocycles. The normalized spacial score (nSPS) is 15.8. The van der Waals surface area contributed by atoms with E-state index < -0.39 is 0 Å². The summed E-state index contributed by atoms with van der Waals surface area (Å²) in [5.41, 5.74) is 7.48. The lowest BCUT2D eigenvalue weighted by Gasteiger charge is -2.14. The van der Waals surface area contributed by atoms with Crippen molar-refractivity contribution in [3.8, 4) is 0 Å². The lowest BCUT2D eigenvalue weighted by Crippen LogP contribution is -2.18. The zero-order valence-electron chi connectivity index (χ0n) is 10.7. The second kappa shape index (κ2) is 6.52. The molecule has 1 amide bonds. The Balaban J connectivity index is 1.86. The van der Waals surface area contributed by atoms with Crippen LogP contribution in [0.5, 0.6) is 0 Å². The van der Waals surface area contributed by atoms with Crippen LogP contribution in [0.4, 0.5) is 5.69 Å². The van der Waals surface area contributed by atoms with E-state index in [1.807, 2.05) is 12.1 Å². The van der Waals surface area contributed by atoms with Crippen LogP contribution in [0.25, 0.3) is 0 Å². The van der Waals surface area contributed by atoms with Gasteiger partial charge in [0.2, 0.25) is 5.91 Å². The minimum Gasteiger partial charge on any atom is -0.330 e.